The third kappa shape index (κ3) is 1.61. The van der Waals surface area contributed by atoms with Gasteiger partial charge in [0.15, 0.2) is 17.0 Å². The van der Waals surface area contributed by atoms with Gasteiger partial charge in [0, 0.05) is 27.2 Å². The van der Waals surface area contributed by atoms with E-state index >= 15 is 0 Å². The van der Waals surface area contributed by atoms with E-state index in [0.717, 1.165) is 29.4 Å². The van der Waals surface area contributed by atoms with Crippen molar-refractivity contribution in [2.24, 2.45) is 12.8 Å². The molecule has 0 aromatic carbocycles. The van der Waals surface area contributed by atoms with Gasteiger partial charge in [-0.2, -0.15) is 0 Å². The summed E-state index contributed by atoms with van der Waals surface area (Å²) in [5.74, 6) is 1.76. The van der Waals surface area contributed by atoms with Crippen LogP contribution in [0.4, 0.5) is 5.82 Å². The van der Waals surface area contributed by atoms with Gasteiger partial charge in [0.05, 0.1) is 0 Å². The van der Waals surface area contributed by atoms with Crippen LogP contribution >= 0.6 is 0 Å². The summed E-state index contributed by atoms with van der Waals surface area (Å²) >= 11 is 0. The number of hydrogen-bond donors (Lipinski definition) is 1. The van der Waals surface area contributed by atoms with Gasteiger partial charge in [0.1, 0.15) is 12.2 Å². The molecule has 0 amide bonds. The number of imidazole rings is 1. The van der Waals surface area contributed by atoms with E-state index in [-0.39, 0.29) is 0 Å². The first-order valence-electron chi connectivity index (χ1n) is 5.20. The van der Waals surface area contributed by atoms with Crippen LogP contribution in [0.25, 0.3) is 11.2 Å². The highest BCUT2D eigenvalue weighted by Crippen LogP contribution is 2.20. The van der Waals surface area contributed by atoms with Crippen molar-refractivity contribution in [2.45, 2.75) is 6.92 Å². The molecule has 0 saturated carbocycles. The van der Waals surface area contributed by atoms with Crippen molar-refractivity contribution < 1.29 is 0 Å². The Morgan fingerprint density at radius 3 is 2.88 bits per heavy atom. The molecule has 2 N–H and O–H groups in total. The Morgan fingerprint density at radius 2 is 2.19 bits per heavy atom. The van der Waals surface area contributed by atoms with E-state index in [0.29, 0.717) is 6.54 Å². The van der Waals surface area contributed by atoms with Gasteiger partial charge in [-0.1, -0.05) is 0 Å². The van der Waals surface area contributed by atoms with E-state index in [1.165, 1.54) is 0 Å². The molecule has 0 saturated heterocycles. The molecule has 86 valence electrons. The van der Waals surface area contributed by atoms with Gasteiger partial charge in [0.2, 0.25) is 0 Å². The second-order valence-electron chi connectivity index (χ2n) is 3.80. The Morgan fingerprint density at radius 1 is 1.44 bits per heavy atom. The molecule has 0 aliphatic heterocycles. The molecule has 0 unspecified atom stereocenters. The van der Waals surface area contributed by atoms with Crippen molar-refractivity contribution in [3.63, 3.8) is 0 Å². The van der Waals surface area contributed by atoms with Gasteiger partial charge >= 0.3 is 0 Å². The number of likely N-dealkylation sites (N-methyl/N-ethyl adjacent to an activating group) is 1. The van der Waals surface area contributed by atoms with Crippen LogP contribution in [0.1, 0.15) is 5.82 Å². The van der Waals surface area contributed by atoms with Crippen LogP contribution < -0.4 is 10.6 Å². The number of nitrogens with zero attached hydrogens (tertiary/aromatic N) is 5. The minimum absolute atomic E-state index is 0.591. The number of aromatic nitrogens is 4. The maximum atomic E-state index is 5.54. The zero-order chi connectivity index (χ0) is 11.7. The number of aryl methyl sites for hydroxylation is 2. The third-order valence-corrected chi connectivity index (χ3v) is 2.69. The van der Waals surface area contributed by atoms with E-state index in [9.17, 15) is 0 Å². The minimum atomic E-state index is 0.591. The summed E-state index contributed by atoms with van der Waals surface area (Å²) in [7, 11) is 3.91. The molecule has 0 bridgehead atoms. The van der Waals surface area contributed by atoms with Crippen LogP contribution in [0.2, 0.25) is 0 Å². The molecule has 6 nitrogen and oxygen atoms in total. The standard InChI is InChI=1S/C10H16N6/c1-7-14-8-9(15(2)5-4-11)12-6-13-10(8)16(7)3/h6H,4-5,11H2,1-3H3. The van der Waals surface area contributed by atoms with Gasteiger partial charge in [-0.15, -0.1) is 0 Å². The van der Waals surface area contributed by atoms with Crippen molar-refractivity contribution in [1.82, 2.24) is 19.5 Å². The quantitative estimate of drug-likeness (QED) is 0.792. The molecule has 16 heavy (non-hydrogen) atoms. The Bertz CT molecular complexity index is 503. The first-order valence-corrected chi connectivity index (χ1v) is 5.20. The predicted octanol–water partition coefficient (Wildman–Crippen LogP) is 0.0666. The van der Waals surface area contributed by atoms with Crippen molar-refractivity contribution in [2.75, 3.05) is 25.0 Å². The topological polar surface area (TPSA) is 72.9 Å². The molecule has 2 aromatic rings. The molecule has 0 spiro atoms. The molecule has 0 aliphatic rings. The van der Waals surface area contributed by atoms with Crippen LogP contribution in [0, 0.1) is 6.92 Å². The van der Waals surface area contributed by atoms with Crippen molar-refractivity contribution in [3.05, 3.63) is 12.2 Å². The lowest BCUT2D eigenvalue weighted by molar-refractivity contribution is 0.864. The van der Waals surface area contributed by atoms with Crippen LogP contribution in [0.3, 0.4) is 0 Å². The van der Waals surface area contributed by atoms with Gasteiger partial charge in [-0.05, 0) is 6.92 Å². The first-order chi connectivity index (χ1) is 7.65. The minimum Gasteiger partial charge on any atom is -0.356 e. The Hall–Kier alpha value is -1.69. The molecule has 0 fully saturated rings. The summed E-state index contributed by atoms with van der Waals surface area (Å²) in [5.41, 5.74) is 7.22. The number of rotatable bonds is 3. The summed E-state index contributed by atoms with van der Waals surface area (Å²) in [4.78, 5) is 15.0. The van der Waals surface area contributed by atoms with Crippen LogP contribution in [0.15, 0.2) is 6.33 Å². The average molecular weight is 220 g/mol. The zero-order valence-corrected chi connectivity index (χ0v) is 9.80. The van der Waals surface area contributed by atoms with Crippen molar-refractivity contribution >= 4 is 17.0 Å². The molecule has 0 atom stereocenters. The third-order valence-electron chi connectivity index (χ3n) is 2.69. The normalized spacial score (nSPS) is 11.0. The molecule has 2 heterocycles. The molecule has 2 rings (SSSR count). The van der Waals surface area contributed by atoms with Crippen LogP contribution in [-0.4, -0.2) is 39.7 Å². The molecular weight excluding hydrogens is 204 g/mol. The fourth-order valence-electron chi connectivity index (χ4n) is 1.67. The highest BCUT2D eigenvalue weighted by atomic mass is 15.2. The van der Waals surface area contributed by atoms with Crippen molar-refractivity contribution in [3.8, 4) is 0 Å². The van der Waals surface area contributed by atoms with E-state index in [1.54, 1.807) is 6.33 Å². The summed E-state index contributed by atoms with van der Waals surface area (Å²) in [6.07, 6.45) is 1.56. The summed E-state index contributed by atoms with van der Waals surface area (Å²) in [6.45, 7) is 3.30. The number of fused-ring (bicyclic) bond motifs is 1. The van der Waals surface area contributed by atoms with Gasteiger partial charge in [-0.25, -0.2) is 15.0 Å². The monoisotopic (exact) mass is 220 g/mol. The maximum Gasteiger partial charge on any atom is 0.165 e. The van der Waals surface area contributed by atoms with E-state index < -0.39 is 0 Å². The SMILES string of the molecule is Cc1nc2c(N(C)CCN)ncnc2n1C. The summed E-state index contributed by atoms with van der Waals surface area (Å²) in [6, 6.07) is 0. The molecule has 0 aliphatic carbocycles. The number of hydrogen-bond acceptors (Lipinski definition) is 5. The second-order valence-corrected chi connectivity index (χ2v) is 3.80. The molecule has 0 radical (unpaired) electrons. The highest BCUT2D eigenvalue weighted by Gasteiger charge is 2.13. The molecular formula is C10H16N6. The van der Waals surface area contributed by atoms with Crippen LogP contribution in [-0.2, 0) is 7.05 Å². The van der Waals surface area contributed by atoms with Gasteiger partial charge < -0.3 is 15.2 Å². The lowest BCUT2D eigenvalue weighted by atomic mass is 10.4. The fourth-order valence-corrected chi connectivity index (χ4v) is 1.67. The first kappa shape index (κ1) is 10.8. The number of nitrogens with two attached hydrogens (primary N) is 1. The Labute approximate surface area is 94.1 Å². The van der Waals surface area contributed by atoms with Crippen molar-refractivity contribution in [1.29, 1.82) is 0 Å². The van der Waals surface area contributed by atoms with E-state index in [1.807, 2.05) is 30.5 Å². The Kier molecular flexibility index (Phi) is 2.74. The number of anilines is 1. The lowest BCUT2D eigenvalue weighted by Gasteiger charge is -2.16. The van der Waals surface area contributed by atoms with Crippen LogP contribution in [0.5, 0.6) is 0 Å². The average Bonchev–Trinajstić information content (AvgIpc) is 2.55. The molecule has 2 aromatic heterocycles. The predicted molar refractivity (Wildman–Crippen MR) is 63.4 cm³/mol. The largest absolute Gasteiger partial charge is 0.356 e. The zero-order valence-electron chi connectivity index (χ0n) is 9.80. The van der Waals surface area contributed by atoms with Gasteiger partial charge in [-0.3, -0.25) is 0 Å². The molecule has 6 heteroatoms. The highest BCUT2D eigenvalue weighted by molar-refractivity contribution is 5.83. The Balaban J connectivity index is 2.58. The maximum absolute atomic E-state index is 5.54. The fraction of sp³-hybridized carbons (Fsp3) is 0.500. The summed E-state index contributed by atoms with van der Waals surface area (Å²) in [5, 5.41) is 0. The summed E-state index contributed by atoms with van der Waals surface area (Å²) < 4.78 is 1.96. The lowest BCUT2D eigenvalue weighted by Crippen LogP contribution is -2.26. The van der Waals surface area contributed by atoms with E-state index in [4.69, 9.17) is 5.73 Å². The van der Waals surface area contributed by atoms with E-state index in [2.05, 4.69) is 15.0 Å². The smallest absolute Gasteiger partial charge is 0.165 e. The van der Waals surface area contributed by atoms with Gasteiger partial charge in [0.25, 0.3) is 0 Å². The second kappa shape index (κ2) is 4.05.